The van der Waals surface area contributed by atoms with Crippen LogP contribution in [-0.4, -0.2) is 37.2 Å². The summed E-state index contributed by atoms with van der Waals surface area (Å²) in [4.78, 5) is 15.2. The van der Waals surface area contributed by atoms with Gasteiger partial charge in [-0.1, -0.05) is 11.6 Å². The fourth-order valence-electron chi connectivity index (χ4n) is 2.27. The Hall–Kier alpha value is -1.43. The van der Waals surface area contributed by atoms with Gasteiger partial charge in [0.15, 0.2) is 0 Å². The number of rotatable bonds is 9. The number of thioether (sulfide) groups is 1. The van der Waals surface area contributed by atoms with E-state index in [1.54, 1.807) is 18.0 Å². The van der Waals surface area contributed by atoms with Crippen LogP contribution in [0.1, 0.15) is 24.6 Å². The maximum Gasteiger partial charge on any atom is 0.220 e. The van der Waals surface area contributed by atoms with Gasteiger partial charge < -0.3 is 9.73 Å². The maximum absolute atomic E-state index is 12.0. The van der Waals surface area contributed by atoms with E-state index >= 15 is 0 Å². The molecule has 2 aromatic rings. The highest BCUT2D eigenvalue weighted by Gasteiger charge is 2.17. The van der Waals surface area contributed by atoms with Gasteiger partial charge in [0.2, 0.25) is 5.91 Å². The molecular formula is C18H23ClN2O2S. The monoisotopic (exact) mass is 366 g/mol. The van der Waals surface area contributed by atoms with Crippen molar-refractivity contribution in [2.45, 2.75) is 23.8 Å². The molecule has 0 spiro atoms. The van der Waals surface area contributed by atoms with Crippen molar-refractivity contribution in [1.82, 2.24) is 10.2 Å². The van der Waals surface area contributed by atoms with Gasteiger partial charge in [-0.05, 0) is 62.7 Å². The van der Waals surface area contributed by atoms with Crippen LogP contribution in [0, 0.1) is 0 Å². The number of nitrogens with one attached hydrogen (secondary N) is 1. The number of hydrogen-bond acceptors (Lipinski definition) is 4. The lowest BCUT2D eigenvalue weighted by Crippen LogP contribution is -2.34. The molecule has 4 nitrogen and oxygen atoms in total. The van der Waals surface area contributed by atoms with E-state index in [1.807, 2.05) is 55.4 Å². The molecule has 0 bridgehead atoms. The number of nitrogens with zero attached hydrogens (tertiary/aromatic N) is 1. The van der Waals surface area contributed by atoms with Crippen LogP contribution in [0.5, 0.6) is 0 Å². The van der Waals surface area contributed by atoms with Crippen LogP contribution in [0.2, 0.25) is 5.02 Å². The van der Waals surface area contributed by atoms with E-state index in [2.05, 4.69) is 5.32 Å². The Morgan fingerprint density at radius 3 is 2.67 bits per heavy atom. The highest BCUT2D eigenvalue weighted by molar-refractivity contribution is 7.99. The van der Waals surface area contributed by atoms with Crippen molar-refractivity contribution in [1.29, 1.82) is 0 Å². The van der Waals surface area contributed by atoms with Crippen LogP contribution < -0.4 is 5.32 Å². The van der Waals surface area contributed by atoms with E-state index in [0.717, 1.165) is 23.0 Å². The first kappa shape index (κ1) is 18.9. The summed E-state index contributed by atoms with van der Waals surface area (Å²) in [6.07, 6.45) is 3.02. The first-order valence-electron chi connectivity index (χ1n) is 7.91. The van der Waals surface area contributed by atoms with E-state index in [1.165, 1.54) is 4.90 Å². The van der Waals surface area contributed by atoms with Gasteiger partial charge in [-0.15, -0.1) is 11.8 Å². The Morgan fingerprint density at radius 1 is 1.29 bits per heavy atom. The van der Waals surface area contributed by atoms with Gasteiger partial charge in [-0.3, -0.25) is 9.69 Å². The standard InChI is InChI=1S/C18H23ClN2O2S/c1-21(2)16(17-5-3-11-23-17)13-20-18(22)6-4-12-24-15-9-7-14(19)8-10-15/h3,5,7-11,16H,4,6,12-13H2,1-2H3,(H,20,22). The predicted molar refractivity (Wildman–Crippen MR) is 99.6 cm³/mol. The zero-order valence-corrected chi connectivity index (χ0v) is 15.6. The lowest BCUT2D eigenvalue weighted by atomic mass is 10.2. The number of benzene rings is 1. The molecule has 1 aromatic carbocycles. The minimum atomic E-state index is 0.0485. The van der Waals surface area contributed by atoms with Gasteiger partial charge in [-0.2, -0.15) is 0 Å². The topological polar surface area (TPSA) is 45.5 Å². The second kappa shape index (κ2) is 9.77. The van der Waals surface area contributed by atoms with Crippen molar-refractivity contribution in [3.05, 3.63) is 53.4 Å². The second-order valence-electron chi connectivity index (χ2n) is 5.70. The summed E-state index contributed by atoms with van der Waals surface area (Å²) in [5.74, 6) is 1.84. The van der Waals surface area contributed by atoms with Gasteiger partial charge in [-0.25, -0.2) is 0 Å². The summed E-state index contributed by atoms with van der Waals surface area (Å²) in [6.45, 7) is 0.545. The summed E-state index contributed by atoms with van der Waals surface area (Å²) >= 11 is 7.60. The highest BCUT2D eigenvalue weighted by atomic mass is 35.5. The molecule has 1 amide bonds. The van der Waals surface area contributed by atoms with Crippen LogP contribution in [-0.2, 0) is 4.79 Å². The molecule has 2 rings (SSSR count). The molecule has 0 saturated heterocycles. The van der Waals surface area contributed by atoms with Gasteiger partial charge >= 0.3 is 0 Å². The van der Waals surface area contributed by atoms with Crippen molar-refractivity contribution in [2.75, 3.05) is 26.4 Å². The zero-order chi connectivity index (χ0) is 17.4. The summed E-state index contributed by atoms with van der Waals surface area (Å²) in [6, 6.07) is 11.6. The van der Waals surface area contributed by atoms with Gasteiger partial charge in [0.05, 0.1) is 12.3 Å². The molecule has 1 N–H and O–H groups in total. The SMILES string of the molecule is CN(C)C(CNC(=O)CCCSc1ccc(Cl)cc1)c1ccco1. The quantitative estimate of drug-likeness (QED) is 0.533. The normalized spacial score (nSPS) is 12.3. The summed E-state index contributed by atoms with van der Waals surface area (Å²) in [5, 5.41) is 3.73. The van der Waals surface area contributed by atoms with Crippen LogP contribution in [0.15, 0.2) is 52.0 Å². The molecule has 24 heavy (non-hydrogen) atoms. The maximum atomic E-state index is 12.0. The average Bonchev–Trinajstić information content (AvgIpc) is 3.07. The molecule has 1 atom stereocenters. The minimum Gasteiger partial charge on any atom is -0.468 e. The van der Waals surface area contributed by atoms with E-state index in [0.29, 0.717) is 13.0 Å². The molecule has 6 heteroatoms. The Kier molecular flexibility index (Phi) is 7.69. The number of hydrogen-bond donors (Lipinski definition) is 1. The van der Waals surface area contributed by atoms with Crippen molar-refractivity contribution in [2.24, 2.45) is 0 Å². The summed E-state index contributed by atoms with van der Waals surface area (Å²) in [7, 11) is 3.95. The third-order valence-electron chi connectivity index (χ3n) is 3.62. The zero-order valence-electron chi connectivity index (χ0n) is 14.0. The predicted octanol–water partition coefficient (Wildman–Crippen LogP) is 4.22. The molecular weight excluding hydrogens is 344 g/mol. The molecule has 0 fully saturated rings. The van der Waals surface area contributed by atoms with Crippen molar-refractivity contribution in [3.63, 3.8) is 0 Å². The second-order valence-corrected chi connectivity index (χ2v) is 7.31. The Morgan fingerprint density at radius 2 is 2.04 bits per heavy atom. The highest BCUT2D eigenvalue weighted by Crippen LogP contribution is 2.21. The number of carbonyl (C=O) groups is 1. The lowest BCUT2D eigenvalue weighted by Gasteiger charge is -2.22. The number of halogens is 1. The van der Waals surface area contributed by atoms with Crippen LogP contribution in [0.3, 0.4) is 0 Å². The number of carbonyl (C=O) groups excluding carboxylic acids is 1. The molecule has 0 aliphatic carbocycles. The Balaban J connectivity index is 1.66. The van der Waals surface area contributed by atoms with Gasteiger partial charge in [0, 0.05) is 22.9 Å². The van der Waals surface area contributed by atoms with Crippen molar-refractivity contribution in [3.8, 4) is 0 Å². The van der Waals surface area contributed by atoms with Gasteiger partial charge in [0.25, 0.3) is 0 Å². The third-order valence-corrected chi connectivity index (χ3v) is 4.97. The van der Waals surface area contributed by atoms with Crippen LogP contribution in [0.4, 0.5) is 0 Å². The number of furan rings is 1. The Bertz CT molecular complexity index is 614. The first-order valence-corrected chi connectivity index (χ1v) is 9.27. The molecule has 1 aromatic heterocycles. The molecule has 1 heterocycles. The molecule has 130 valence electrons. The van der Waals surface area contributed by atoms with E-state index in [-0.39, 0.29) is 11.9 Å². The number of amides is 1. The van der Waals surface area contributed by atoms with E-state index < -0.39 is 0 Å². The van der Waals surface area contributed by atoms with Crippen LogP contribution in [0.25, 0.3) is 0 Å². The van der Waals surface area contributed by atoms with Crippen molar-refractivity contribution >= 4 is 29.3 Å². The Labute approximate surface area is 152 Å². The van der Waals surface area contributed by atoms with Crippen LogP contribution >= 0.6 is 23.4 Å². The smallest absolute Gasteiger partial charge is 0.220 e. The molecule has 0 aliphatic rings. The molecule has 0 radical (unpaired) electrons. The largest absolute Gasteiger partial charge is 0.468 e. The molecule has 0 saturated carbocycles. The summed E-state index contributed by atoms with van der Waals surface area (Å²) in [5.41, 5.74) is 0. The molecule has 0 aliphatic heterocycles. The first-order chi connectivity index (χ1) is 11.6. The number of likely N-dealkylation sites (N-methyl/N-ethyl adjacent to an activating group) is 1. The molecule has 1 unspecified atom stereocenters. The van der Waals surface area contributed by atoms with Gasteiger partial charge in [0.1, 0.15) is 5.76 Å². The lowest BCUT2D eigenvalue weighted by molar-refractivity contribution is -0.121. The average molecular weight is 367 g/mol. The van der Waals surface area contributed by atoms with E-state index in [9.17, 15) is 4.79 Å². The van der Waals surface area contributed by atoms with E-state index in [4.69, 9.17) is 16.0 Å². The fraction of sp³-hybridized carbons (Fsp3) is 0.389. The van der Waals surface area contributed by atoms with Crippen molar-refractivity contribution < 1.29 is 9.21 Å². The third kappa shape index (κ3) is 6.23. The fourth-order valence-corrected chi connectivity index (χ4v) is 3.25. The summed E-state index contributed by atoms with van der Waals surface area (Å²) < 4.78 is 5.44. The minimum absolute atomic E-state index is 0.0485.